The Labute approximate surface area is 118 Å². The Hall–Kier alpha value is -2.41. The van der Waals surface area contributed by atoms with Gasteiger partial charge in [0, 0.05) is 6.20 Å². The van der Waals surface area contributed by atoms with Crippen molar-refractivity contribution < 1.29 is 13.9 Å². The largest absolute Gasteiger partial charge is 0.454 e. The van der Waals surface area contributed by atoms with Gasteiger partial charge in [-0.15, -0.1) is 11.3 Å². The summed E-state index contributed by atoms with van der Waals surface area (Å²) in [4.78, 5) is 17.0. The van der Waals surface area contributed by atoms with Crippen LogP contribution >= 0.6 is 11.3 Å². The maximum atomic E-state index is 11.7. The van der Waals surface area contributed by atoms with E-state index in [0.717, 1.165) is 4.88 Å². The van der Waals surface area contributed by atoms with Crippen LogP contribution < -0.4 is 0 Å². The first-order valence-electron chi connectivity index (χ1n) is 5.90. The molecule has 0 spiro atoms. The van der Waals surface area contributed by atoms with Gasteiger partial charge in [0.05, 0.1) is 4.88 Å². The number of aromatic amines is 1. The Bertz CT molecular complexity index is 701. The number of carbonyl (C=O) groups excluding carboxylic acids is 1. The summed E-state index contributed by atoms with van der Waals surface area (Å²) in [5.41, 5.74) is 0.922. The molecule has 0 aliphatic rings. The minimum absolute atomic E-state index is 0.0680. The van der Waals surface area contributed by atoms with E-state index >= 15 is 0 Å². The van der Waals surface area contributed by atoms with Crippen molar-refractivity contribution in [2.45, 2.75) is 13.5 Å². The molecule has 6 nitrogen and oxygen atoms in total. The summed E-state index contributed by atoms with van der Waals surface area (Å²) in [6.45, 7) is 1.86. The molecule has 0 aromatic carbocycles. The third-order valence-electron chi connectivity index (χ3n) is 2.69. The summed E-state index contributed by atoms with van der Waals surface area (Å²) in [6.07, 6.45) is 1.49. The van der Waals surface area contributed by atoms with Crippen molar-refractivity contribution in [1.82, 2.24) is 15.2 Å². The van der Waals surface area contributed by atoms with E-state index in [4.69, 9.17) is 9.15 Å². The van der Waals surface area contributed by atoms with E-state index in [1.165, 1.54) is 6.20 Å². The number of rotatable bonds is 4. The van der Waals surface area contributed by atoms with Crippen LogP contribution in [0.2, 0.25) is 0 Å². The maximum Gasteiger partial charge on any atom is 0.356 e. The average Bonchev–Trinajstić information content (AvgIpc) is 3.18. The zero-order valence-electron chi connectivity index (χ0n) is 10.6. The zero-order chi connectivity index (χ0) is 13.9. The second kappa shape index (κ2) is 5.30. The number of hydrogen-bond donors (Lipinski definition) is 1. The number of carbonyl (C=O) groups is 1. The summed E-state index contributed by atoms with van der Waals surface area (Å²) in [7, 11) is 0. The molecule has 0 radical (unpaired) electrons. The van der Waals surface area contributed by atoms with Crippen molar-refractivity contribution in [2.24, 2.45) is 0 Å². The summed E-state index contributed by atoms with van der Waals surface area (Å²) in [5, 5.41) is 8.19. The lowest BCUT2D eigenvalue weighted by Crippen LogP contribution is -2.06. The highest BCUT2D eigenvalue weighted by atomic mass is 32.1. The Balaban J connectivity index is 1.71. The average molecular weight is 289 g/mol. The van der Waals surface area contributed by atoms with Crippen molar-refractivity contribution in [3.8, 4) is 10.8 Å². The molecule has 0 aliphatic heterocycles. The Kier molecular flexibility index (Phi) is 3.34. The minimum Gasteiger partial charge on any atom is -0.454 e. The molecule has 102 valence electrons. The summed E-state index contributed by atoms with van der Waals surface area (Å²) < 4.78 is 10.7. The van der Waals surface area contributed by atoms with E-state index < -0.39 is 5.97 Å². The first-order chi connectivity index (χ1) is 9.74. The molecule has 0 aliphatic carbocycles. The summed E-state index contributed by atoms with van der Waals surface area (Å²) in [5.74, 6) is 0.721. The van der Waals surface area contributed by atoms with E-state index in [-0.39, 0.29) is 6.61 Å². The highest BCUT2D eigenvalue weighted by Gasteiger charge is 2.15. The standard InChI is InChI=1S/C13H11N3O3S/c1-8-10(7-18-13(17)9-4-5-14-16-9)15-12(19-8)11-3-2-6-20-11/h2-6H,7H2,1H3,(H,14,16). The van der Waals surface area contributed by atoms with Crippen molar-refractivity contribution >= 4 is 17.3 Å². The van der Waals surface area contributed by atoms with Gasteiger partial charge >= 0.3 is 5.97 Å². The molecule has 0 unspecified atom stereocenters. The highest BCUT2D eigenvalue weighted by molar-refractivity contribution is 7.13. The van der Waals surface area contributed by atoms with Crippen LogP contribution in [-0.4, -0.2) is 21.2 Å². The van der Waals surface area contributed by atoms with Gasteiger partial charge < -0.3 is 9.15 Å². The van der Waals surface area contributed by atoms with E-state index in [9.17, 15) is 4.79 Å². The van der Waals surface area contributed by atoms with Gasteiger partial charge in [0.25, 0.3) is 0 Å². The van der Waals surface area contributed by atoms with E-state index in [1.807, 2.05) is 17.5 Å². The lowest BCUT2D eigenvalue weighted by molar-refractivity contribution is 0.0460. The highest BCUT2D eigenvalue weighted by Crippen LogP contribution is 2.26. The molecule has 0 atom stereocenters. The van der Waals surface area contributed by atoms with E-state index in [1.54, 1.807) is 24.3 Å². The van der Waals surface area contributed by atoms with Crippen LogP contribution in [0.4, 0.5) is 0 Å². The number of H-pyrrole nitrogens is 1. The molecule has 0 bridgehead atoms. The molecule has 0 saturated carbocycles. The predicted molar refractivity (Wildman–Crippen MR) is 72.3 cm³/mol. The first kappa shape index (κ1) is 12.6. The molecule has 7 heteroatoms. The molecule has 0 saturated heterocycles. The van der Waals surface area contributed by atoms with E-state index in [0.29, 0.717) is 23.0 Å². The van der Waals surface area contributed by atoms with Crippen LogP contribution in [0.25, 0.3) is 10.8 Å². The van der Waals surface area contributed by atoms with Gasteiger partial charge in [-0.05, 0) is 24.4 Å². The third-order valence-corrected chi connectivity index (χ3v) is 3.54. The normalized spacial score (nSPS) is 10.7. The second-order valence-electron chi connectivity index (χ2n) is 4.05. The van der Waals surface area contributed by atoms with Crippen LogP contribution in [-0.2, 0) is 11.3 Å². The SMILES string of the molecule is Cc1oc(-c2cccs2)nc1COC(=O)c1ccn[nH]1. The number of ether oxygens (including phenoxy) is 1. The number of thiophene rings is 1. The number of esters is 1. The van der Waals surface area contributed by atoms with Gasteiger partial charge in [-0.3, -0.25) is 5.10 Å². The van der Waals surface area contributed by atoms with Gasteiger partial charge in [-0.2, -0.15) is 5.10 Å². The lowest BCUT2D eigenvalue weighted by Gasteiger charge is -2.00. The fraction of sp³-hybridized carbons (Fsp3) is 0.154. The predicted octanol–water partition coefficient (Wildman–Crippen LogP) is 2.79. The number of hydrogen-bond acceptors (Lipinski definition) is 6. The topological polar surface area (TPSA) is 81.0 Å². The van der Waals surface area contributed by atoms with Crippen LogP contribution in [0.15, 0.2) is 34.2 Å². The second-order valence-corrected chi connectivity index (χ2v) is 4.99. The summed E-state index contributed by atoms with van der Waals surface area (Å²) in [6, 6.07) is 5.41. The molecule has 3 heterocycles. The summed E-state index contributed by atoms with van der Waals surface area (Å²) >= 11 is 1.54. The number of aryl methyl sites for hydroxylation is 1. The van der Waals surface area contributed by atoms with Crippen LogP contribution in [0.1, 0.15) is 21.9 Å². The number of oxazole rings is 1. The van der Waals surface area contributed by atoms with Crippen LogP contribution in [0, 0.1) is 6.92 Å². The van der Waals surface area contributed by atoms with Gasteiger partial charge in [-0.1, -0.05) is 6.07 Å². The van der Waals surface area contributed by atoms with Crippen molar-refractivity contribution in [2.75, 3.05) is 0 Å². The fourth-order valence-electron chi connectivity index (χ4n) is 1.65. The molecular weight excluding hydrogens is 278 g/mol. The van der Waals surface area contributed by atoms with E-state index in [2.05, 4.69) is 15.2 Å². The molecular formula is C13H11N3O3S. The molecule has 1 N–H and O–H groups in total. The van der Waals surface area contributed by atoms with Crippen molar-refractivity contribution in [3.05, 3.63) is 46.9 Å². The molecule has 3 aromatic rings. The molecule has 3 rings (SSSR count). The van der Waals surface area contributed by atoms with Crippen molar-refractivity contribution in [1.29, 1.82) is 0 Å². The smallest absolute Gasteiger partial charge is 0.356 e. The van der Waals surface area contributed by atoms with Crippen LogP contribution in [0.3, 0.4) is 0 Å². The Morgan fingerprint density at radius 3 is 3.10 bits per heavy atom. The minimum atomic E-state index is -0.470. The number of aromatic nitrogens is 3. The maximum absolute atomic E-state index is 11.7. The monoisotopic (exact) mass is 289 g/mol. The lowest BCUT2D eigenvalue weighted by atomic mass is 10.4. The molecule has 0 fully saturated rings. The van der Waals surface area contributed by atoms with Gasteiger partial charge in [0.2, 0.25) is 5.89 Å². The fourth-order valence-corrected chi connectivity index (χ4v) is 2.30. The zero-order valence-corrected chi connectivity index (χ0v) is 11.4. The third kappa shape index (κ3) is 2.48. The molecule has 0 amide bonds. The quantitative estimate of drug-likeness (QED) is 0.747. The van der Waals surface area contributed by atoms with Gasteiger partial charge in [0.1, 0.15) is 23.8 Å². The van der Waals surface area contributed by atoms with Crippen LogP contribution in [0.5, 0.6) is 0 Å². The van der Waals surface area contributed by atoms with Crippen molar-refractivity contribution in [3.63, 3.8) is 0 Å². The Morgan fingerprint density at radius 1 is 1.50 bits per heavy atom. The number of nitrogens with zero attached hydrogens (tertiary/aromatic N) is 2. The Morgan fingerprint density at radius 2 is 2.40 bits per heavy atom. The molecule has 20 heavy (non-hydrogen) atoms. The molecule has 3 aromatic heterocycles. The number of nitrogens with one attached hydrogen (secondary N) is 1. The van der Waals surface area contributed by atoms with Gasteiger partial charge in [-0.25, -0.2) is 9.78 Å². The first-order valence-corrected chi connectivity index (χ1v) is 6.78. The van der Waals surface area contributed by atoms with Gasteiger partial charge in [0.15, 0.2) is 0 Å².